The Hall–Kier alpha value is -2.53. The first-order valence-corrected chi connectivity index (χ1v) is 11.6. The van der Waals surface area contributed by atoms with E-state index in [0.29, 0.717) is 35.1 Å². The number of carbonyl (C=O) groups is 2. The molecule has 2 fully saturated rings. The third kappa shape index (κ3) is 5.40. The molecule has 0 bridgehead atoms. The highest BCUT2D eigenvalue weighted by Gasteiger charge is 2.26. The minimum Gasteiger partial charge on any atom is -0.493 e. The van der Waals surface area contributed by atoms with Crippen LogP contribution in [0.2, 0.25) is 5.02 Å². The molecule has 0 N–H and O–H groups in total. The van der Waals surface area contributed by atoms with Crippen LogP contribution < -0.4 is 4.74 Å². The van der Waals surface area contributed by atoms with Crippen LogP contribution in [0.15, 0.2) is 48.5 Å². The van der Waals surface area contributed by atoms with Crippen LogP contribution in [0.25, 0.3) is 0 Å². The smallest absolute Gasteiger partial charge is 0.255 e. The Kier molecular flexibility index (Phi) is 7.13. The maximum Gasteiger partial charge on any atom is 0.255 e. The quantitative estimate of drug-likeness (QED) is 0.664. The molecule has 0 unspecified atom stereocenters. The zero-order valence-electron chi connectivity index (χ0n) is 17.8. The van der Waals surface area contributed by atoms with Gasteiger partial charge >= 0.3 is 0 Å². The van der Waals surface area contributed by atoms with Gasteiger partial charge in [-0.1, -0.05) is 29.8 Å². The van der Waals surface area contributed by atoms with Gasteiger partial charge in [0.15, 0.2) is 0 Å². The minimum atomic E-state index is -0.0237. The molecule has 2 aliphatic rings. The summed E-state index contributed by atoms with van der Waals surface area (Å²) in [5.74, 6) is 1.02. The summed E-state index contributed by atoms with van der Waals surface area (Å²) in [5.41, 5.74) is 1.23. The molecule has 0 spiro atoms. The Balaban J connectivity index is 1.34. The van der Waals surface area contributed by atoms with E-state index in [1.54, 1.807) is 12.1 Å². The maximum absolute atomic E-state index is 12.9. The molecule has 6 heteroatoms. The fourth-order valence-electron chi connectivity index (χ4n) is 4.40. The molecule has 31 heavy (non-hydrogen) atoms. The summed E-state index contributed by atoms with van der Waals surface area (Å²) in [4.78, 5) is 29.4. The highest BCUT2D eigenvalue weighted by Crippen LogP contribution is 2.24. The third-order valence-corrected chi connectivity index (χ3v) is 6.45. The van der Waals surface area contributed by atoms with Crippen molar-refractivity contribution in [3.63, 3.8) is 0 Å². The second-order valence-corrected chi connectivity index (χ2v) is 8.84. The van der Waals surface area contributed by atoms with E-state index in [0.717, 1.165) is 45.3 Å². The van der Waals surface area contributed by atoms with E-state index < -0.39 is 0 Å². The summed E-state index contributed by atoms with van der Waals surface area (Å²) in [6, 6.07) is 14.6. The van der Waals surface area contributed by atoms with Crippen LogP contribution in [0.3, 0.4) is 0 Å². The van der Waals surface area contributed by atoms with Crippen molar-refractivity contribution in [3.05, 3.63) is 64.7 Å². The summed E-state index contributed by atoms with van der Waals surface area (Å²) in [6.45, 7) is 3.58. The zero-order chi connectivity index (χ0) is 21.6. The van der Waals surface area contributed by atoms with Crippen molar-refractivity contribution in [2.45, 2.75) is 32.1 Å². The summed E-state index contributed by atoms with van der Waals surface area (Å²) >= 11 is 6.21. The number of hydrogen-bond donors (Lipinski definition) is 0. The summed E-state index contributed by atoms with van der Waals surface area (Å²) in [6.07, 6.45) is 5.31. The molecule has 0 saturated carbocycles. The molecule has 0 aromatic heterocycles. The van der Waals surface area contributed by atoms with Gasteiger partial charge < -0.3 is 14.5 Å². The number of amides is 2. The number of carbonyl (C=O) groups excluding carboxylic acids is 2. The molecule has 2 amide bonds. The van der Waals surface area contributed by atoms with E-state index in [9.17, 15) is 9.59 Å². The van der Waals surface area contributed by atoms with Gasteiger partial charge in [-0.2, -0.15) is 0 Å². The number of hydrogen-bond acceptors (Lipinski definition) is 3. The van der Waals surface area contributed by atoms with E-state index in [4.69, 9.17) is 16.3 Å². The van der Waals surface area contributed by atoms with Crippen molar-refractivity contribution in [3.8, 4) is 5.75 Å². The van der Waals surface area contributed by atoms with Gasteiger partial charge in [0.2, 0.25) is 0 Å². The first kappa shape index (κ1) is 21.7. The summed E-state index contributed by atoms with van der Waals surface area (Å²) in [5, 5.41) is 0.487. The average Bonchev–Trinajstić information content (AvgIpc) is 2.83. The number of rotatable bonds is 5. The van der Waals surface area contributed by atoms with Crippen LogP contribution in [0.1, 0.15) is 52.8 Å². The molecule has 164 valence electrons. The lowest BCUT2D eigenvalue weighted by atomic mass is 9.98. The number of piperidine rings is 2. The Morgan fingerprint density at radius 2 is 1.68 bits per heavy atom. The van der Waals surface area contributed by atoms with E-state index >= 15 is 0 Å². The van der Waals surface area contributed by atoms with Crippen molar-refractivity contribution in [1.82, 2.24) is 9.80 Å². The number of halogens is 1. The highest BCUT2D eigenvalue weighted by atomic mass is 35.5. The Labute approximate surface area is 188 Å². The molecule has 2 aromatic rings. The number of nitrogens with zero attached hydrogens (tertiary/aromatic N) is 2. The van der Waals surface area contributed by atoms with Crippen molar-refractivity contribution in [2.75, 3.05) is 32.8 Å². The molecule has 4 rings (SSSR count). The summed E-state index contributed by atoms with van der Waals surface area (Å²) < 4.78 is 6.05. The number of benzene rings is 2. The fourth-order valence-corrected chi connectivity index (χ4v) is 4.62. The highest BCUT2D eigenvalue weighted by molar-refractivity contribution is 6.33. The number of ether oxygens (including phenoxy) is 1. The standard InChI is InChI=1S/C25H29ClN2O3/c26-23-12-3-2-11-22(23)25(30)28-15-7-8-19(17-28)18-31-21-10-6-9-20(16-21)24(29)27-13-4-1-5-14-27/h2-3,6,9-12,16,19H,1,4-5,7-8,13-15,17-18H2/t19-/m1/s1. The monoisotopic (exact) mass is 440 g/mol. The van der Waals surface area contributed by atoms with E-state index in [1.165, 1.54) is 6.42 Å². The molecular weight excluding hydrogens is 412 g/mol. The van der Waals surface area contributed by atoms with Crippen molar-refractivity contribution in [2.24, 2.45) is 5.92 Å². The average molecular weight is 441 g/mol. The molecule has 2 aliphatic heterocycles. The fraction of sp³-hybridized carbons (Fsp3) is 0.440. The molecule has 5 nitrogen and oxygen atoms in total. The Bertz CT molecular complexity index is 926. The topological polar surface area (TPSA) is 49.9 Å². The molecule has 2 aromatic carbocycles. The van der Waals surface area contributed by atoms with E-state index in [2.05, 4.69) is 0 Å². The van der Waals surface area contributed by atoms with Gasteiger partial charge in [0.25, 0.3) is 11.8 Å². The zero-order valence-corrected chi connectivity index (χ0v) is 18.5. The van der Waals surface area contributed by atoms with Gasteiger partial charge in [-0.05, 0) is 62.4 Å². The van der Waals surface area contributed by atoms with Gasteiger partial charge in [0.05, 0.1) is 17.2 Å². The van der Waals surface area contributed by atoms with Crippen molar-refractivity contribution >= 4 is 23.4 Å². The van der Waals surface area contributed by atoms with E-state index in [-0.39, 0.29) is 17.7 Å². The first-order valence-electron chi connectivity index (χ1n) is 11.2. The van der Waals surface area contributed by atoms with Gasteiger partial charge in [-0.3, -0.25) is 9.59 Å². The molecular formula is C25H29ClN2O3. The summed E-state index contributed by atoms with van der Waals surface area (Å²) in [7, 11) is 0. The number of likely N-dealkylation sites (tertiary alicyclic amines) is 2. The van der Waals surface area contributed by atoms with Gasteiger partial charge in [0, 0.05) is 37.7 Å². The largest absolute Gasteiger partial charge is 0.493 e. The predicted molar refractivity (Wildman–Crippen MR) is 122 cm³/mol. The second-order valence-electron chi connectivity index (χ2n) is 8.43. The van der Waals surface area contributed by atoms with E-state index in [1.807, 2.05) is 46.2 Å². The Morgan fingerprint density at radius 3 is 2.48 bits per heavy atom. The van der Waals surface area contributed by atoms with Crippen LogP contribution in [-0.4, -0.2) is 54.4 Å². The lowest BCUT2D eigenvalue weighted by Crippen LogP contribution is -2.41. The molecule has 1 atom stereocenters. The van der Waals surface area contributed by atoms with Crippen LogP contribution in [-0.2, 0) is 0 Å². The maximum atomic E-state index is 12.9. The third-order valence-electron chi connectivity index (χ3n) is 6.12. The van der Waals surface area contributed by atoms with Crippen molar-refractivity contribution in [1.29, 1.82) is 0 Å². The van der Waals surface area contributed by atoms with Crippen LogP contribution >= 0.6 is 11.6 Å². The molecule has 0 radical (unpaired) electrons. The van der Waals surface area contributed by atoms with Gasteiger partial charge in [0.1, 0.15) is 5.75 Å². The second kappa shape index (κ2) is 10.2. The predicted octanol–water partition coefficient (Wildman–Crippen LogP) is 4.90. The molecule has 2 saturated heterocycles. The first-order chi connectivity index (χ1) is 15.1. The Morgan fingerprint density at radius 1 is 0.903 bits per heavy atom. The normalized spacial score (nSPS) is 19.2. The lowest BCUT2D eigenvalue weighted by molar-refractivity contribution is 0.0632. The molecule has 0 aliphatic carbocycles. The van der Waals surface area contributed by atoms with Crippen LogP contribution in [0.5, 0.6) is 5.75 Å². The van der Waals surface area contributed by atoms with Crippen LogP contribution in [0.4, 0.5) is 0 Å². The SMILES string of the molecule is O=C(c1cccc(OC[C@@H]2CCCN(C(=O)c3ccccc3Cl)C2)c1)N1CCCCC1. The van der Waals surface area contributed by atoms with Crippen LogP contribution in [0, 0.1) is 5.92 Å². The van der Waals surface area contributed by atoms with Crippen molar-refractivity contribution < 1.29 is 14.3 Å². The lowest BCUT2D eigenvalue weighted by Gasteiger charge is -2.33. The molecule has 2 heterocycles. The minimum absolute atomic E-state index is 0.0237. The van der Waals surface area contributed by atoms with Gasteiger partial charge in [-0.25, -0.2) is 0 Å². The van der Waals surface area contributed by atoms with Gasteiger partial charge in [-0.15, -0.1) is 0 Å².